The average molecular weight is 282 g/mol. The molecule has 19 heavy (non-hydrogen) atoms. The van der Waals surface area contributed by atoms with Gasteiger partial charge >= 0.3 is 0 Å². The maximum atomic E-state index is 11.9. The summed E-state index contributed by atoms with van der Waals surface area (Å²) < 4.78 is 16.7. The predicted molar refractivity (Wildman–Crippen MR) is 75.4 cm³/mol. The number of amides is 1. The summed E-state index contributed by atoms with van der Waals surface area (Å²) in [6.45, 7) is 1.51. The lowest BCUT2D eigenvalue weighted by atomic mass is 10.3. The maximum Gasteiger partial charge on any atom is 0.226 e. The van der Waals surface area contributed by atoms with E-state index in [1.165, 1.54) is 0 Å². The highest BCUT2D eigenvalue weighted by Gasteiger charge is 2.19. The van der Waals surface area contributed by atoms with Gasteiger partial charge in [0.2, 0.25) is 5.91 Å². The van der Waals surface area contributed by atoms with Crippen molar-refractivity contribution >= 4 is 22.4 Å². The molecule has 1 saturated heterocycles. The Hall–Kier alpha value is -1.56. The molecule has 1 aliphatic rings. The Morgan fingerprint density at radius 3 is 2.79 bits per heavy atom. The van der Waals surface area contributed by atoms with Gasteiger partial charge in [0.1, 0.15) is 5.75 Å². The van der Waals surface area contributed by atoms with E-state index >= 15 is 0 Å². The van der Waals surface area contributed by atoms with Crippen molar-refractivity contribution in [3.05, 3.63) is 24.3 Å². The number of anilines is 1. The van der Waals surface area contributed by atoms with Gasteiger partial charge in [0.15, 0.2) is 0 Å². The third-order valence-electron chi connectivity index (χ3n) is 2.97. The third kappa shape index (κ3) is 4.24. The highest BCUT2D eigenvalue weighted by atomic mass is 32.2. The Labute approximate surface area is 115 Å². The largest absolute Gasteiger partial charge is 0.493 e. The first-order valence-electron chi connectivity index (χ1n) is 6.26. The lowest BCUT2D eigenvalue weighted by Crippen LogP contribution is -2.42. The molecule has 1 amide bonds. The molecule has 0 atom stereocenters. The number of carbonyl (C=O) groups excluding carboxylic acids is 1. The fourth-order valence-corrected chi connectivity index (χ4v) is 2.96. The van der Waals surface area contributed by atoms with Crippen LogP contribution in [-0.4, -0.2) is 46.2 Å². The van der Waals surface area contributed by atoms with Gasteiger partial charge in [-0.1, -0.05) is 6.07 Å². The molecule has 0 bridgehead atoms. The number of nitrogen functional groups attached to an aromatic ring is 1. The summed E-state index contributed by atoms with van der Waals surface area (Å²) in [4.78, 5) is 13.6. The highest BCUT2D eigenvalue weighted by molar-refractivity contribution is 7.85. The summed E-state index contributed by atoms with van der Waals surface area (Å²) in [6.07, 6.45) is 0.335. The van der Waals surface area contributed by atoms with Gasteiger partial charge in [-0.25, -0.2) is 0 Å². The van der Waals surface area contributed by atoms with Crippen LogP contribution in [0.2, 0.25) is 0 Å². The molecule has 5 nitrogen and oxygen atoms in total. The molecule has 2 rings (SSSR count). The number of rotatable bonds is 4. The molecule has 1 aromatic rings. The molecule has 0 radical (unpaired) electrons. The molecular weight excluding hydrogens is 264 g/mol. The molecule has 1 aromatic carbocycles. The van der Waals surface area contributed by atoms with E-state index in [9.17, 15) is 9.00 Å². The number of nitrogens with two attached hydrogens (primary N) is 1. The molecule has 1 heterocycles. The standard InChI is InChI=1S/C13H18N2O3S/c14-11-2-1-3-12(10-11)18-7-4-13(16)15-5-8-19(17)9-6-15/h1-3,10H,4-9,14H2. The van der Waals surface area contributed by atoms with Crippen molar-refractivity contribution in [3.8, 4) is 5.75 Å². The first-order valence-corrected chi connectivity index (χ1v) is 7.75. The van der Waals surface area contributed by atoms with Crippen LogP contribution < -0.4 is 10.5 Å². The van der Waals surface area contributed by atoms with Crippen molar-refractivity contribution < 1.29 is 13.7 Å². The first kappa shape index (κ1) is 13.9. The zero-order valence-electron chi connectivity index (χ0n) is 10.7. The minimum atomic E-state index is -0.755. The van der Waals surface area contributed by atoms with Crippen LogP contribution in [0.15, 0.2) is 24.3 Å². The number of nitrogens with zero attached hydrogens (tertiary/aromatic N) is 1. The zero-order chi connectivity index (χ0) is 13.7. The Morgan fingerprint density at radius 1 is 1.37 bits per heavy atom. The number of hydrogen-bond acceptors (Lipinski definition) is 4. The molecule has 0 aromatic heterocycles. The van der Waals surface area contributed by atoms with E-state index in [2.05, 4.69) is 0 Å². The Kier molecular flexibility index (Phi) is 4.79. The molecule has 0 unspecified atom stereocenters. The minimum absolute atomic E-state index is 0.0561. The molecule has 1 fully saturated rings. The Morgan fingerprint density at radius 2 is 2.11 bits per heavy atom. The molecule has 2 N–H and O–H groups in total. The van der Waals surface area contributed by atoms with Crippen LogP contribution in [0.3, 0.4) is 0 Å². The van der Waals surface area contributed by atoms with Crippen LogP contribution in [0.1, 0.15) is 6.42 Å². The SMILES string of the molecule is Nc1cccc(OCCC(=O)N2CCS(=O)CC2)c1. The van der Waals surface area contributed by atoms with Gasteiger partial charge in [-0.3, -0.25) is 9.00 Å². The molecule has 0 saturated carbocycles. The van der Waals surface area contributed by atoms with E-state index < -0.39 is 10.8 Å². The van der Waals surface area contributed by atoms with E-state index in [-0.39, 0.29) is 5.91 Å². The Balaban J connectivity index is 1.73. The summed E-state index contributed by atoms with van der Waals surface area (Å²) in [7, 11) is -0.755. The van der Waals surface area contributed by atoms with Gasteiger partial charge < -0.3 is 15.4 Å². The maximum absolute atomic E-state index is 11.9. The van der Waals surface area contributed by atoms with Crippen LogP contribution in [0.4, 0.5) is 5.69 Å². The van der Waals surface area contributed by atoms with Crippen LogP contribution in [-0.2, 0) is 15.6 Å². The second kappa shape index (κ2) is 6.56. The smallest absolute Gasteiger partial charge is 0.226 e. The van der Waals surface area contributed by atoms with Gasteiger partial charge in [-0.2, -0.15) is 0 Å². The van der Waals surface area contributed by atoms with E-state index in [1.807, 2.05) is 12.1 Å². The molecule has 1 aliphatic heterocycles. The molecular formula is C13H18N2O3S. The fourth-order valence-electron chi connectivity index (χ4n) is 1.91. The van der Waals surface area contributed by atoms with Crippen LogP contribution in [0, 0.1) is 0 Å². The lowest BCUT2D eigenvalue weighted by molar-refractivity contribution is -0.131. The van der Waals surface area contributed by atoms with Gasteiger partial charge in [0.25, 0.3) is 0 Å². The molecule has 6 heteroatoms. The second-order valence-corrected chi connectivity index (χ2v) is 6.10. The number of ether oxygens (including phenoxy) is 1. The summed E-state index contributed by atoms with van der Waals surface area (Å²) >= 11 is 0. The average Bonchev–Trinajstić information content (AvgIpc) is 2.39. The third-order valence-corrected chi connectivity index (χ3v) is 4.25. The number of benzene rings is 1. The van der Waals surface area contributed by atoms with Gasteiger partial charge in [-0.05, 0) is 12.1 Å². The van der Waals surface area contributed by atoms with Crippen molar-refractivity contribution in [3.63, 3.8) is 0 Å². The van der Waals surface area contributed by atoms with E-state index in [0.29, 0.717) is 49.1 Å². The van der Waals surface area contributed by atoms with Crippen LogP contribution in [0.25, 0.3) is 0 Å². The summed E-state index contributed by atoms with van der Waals surface area (Å²) in [5.74, 6) is 1.90. The quantitative estimate of drug-likeness (QED) is 0.822. The summed E-state index contributed by atoms with van der Waals surface area (Å²) in [5.41, 5.74) is 6.28. The van der Waals surface area contributed by atoms with Gasteiger partial charge in [0.05, 0.1) is 13.0 Å². The lowest BCUT2D eigenvalue weighted by Gasteiger charge is -2.26. The molecule has 0 aliphatic carbocycles. The van der Waals surface area contributed by atoms with E-state index in [4.69, 9.17) is 10.5 Å². The predicted octanol–water partition coefficient (Wildman–Crippen LogP) is 0.629. The van der Waals surface area contributed by atoms with Crippen LogP contribution >= 0.6 is 0 Å². The van der Waals surface area contributed by atoms with Gasteiger partial charge in [-0.15, -0.1) is 0 Å². The van der Waals surface area contributed by atoms with Crippen molar-refractivity contribution in [2.24, 2.45) is 0 Å². The molecule has 104 valence electrons. The van der Waals surface area contributed by atoms with Gasteiger partial charge in [0, 0.05) is 47.1 Å². The summed E-state index contributed by atoms with van der Waals surface area (Å²) in [6, 6.07) is 7.14. The van der Waals surface area contributed by atoms with Crippen molar-refractivity contribution in [1.82, 2.24) is 4.90 Å². The highest BCUT2D eigenvalue weighted by Crippen LogP contribution is 2.14. The van der Waals surface area contributed by atoms with Crippen LogP contribution in [0.5, 0.6) is 5.75 Å². The monoisotopic (exact) mass is 282 g/mol. The Bertz CT molecular complexity index is 469. The minimum Gasteiger partial charge on any atom is -0.493 e. The van der Waals surface area contributed by atoms with Crippen molar-refractivity contribution in [2.45, 2.75) is 6.42 Å². The number of hydrogen-bond donors (Lipinski definition) is 1. The first-order chi connectivity index (χ1) is 9.15. The van der Waals surface area contributed by atoms with Crippen molar-refractivity contribution in [1.29, 1.82) is 0 Å². The second-order valence-electron chi connectivity index (χ2n) is 4.40. The fraction of sp³-hybridized carbons (Fsp3) is 0.462. The zero-order valence-corrected chi connectivity index (χ0v) is 11.5. The normalized spacial score (nSPS) is 16.3. The number of carbonyl (C=O) groups is 1. The topological polar surface area (TPSA) is 72.6 Å². The molecule has 0 spiro atoms. The van der Waals surface area contributed by atoms with E-state index in [1.54, 1.807) is 17.0 Å². The van der Waals surface area contributed by atoms with E-state index in [0.717, 1.165) is 0 Å². The van der Waals surface area contributed by atoms with Crippen molar-refractivity contribution in [2.75, 3.05) is 36.9 Å². The summed E-state index contributed by atoms with van der Waals surface area (Å²) in [5, 5.41) is 0.